The molecule has 0 saturated heterocycles. The largest absolute Gasteiger partial charge is 0.523 e. The fourth-order valence-corrected chi connectivity index (χ4v) is 0.864. The van der Waals surface area contributed by atoms with Gasteiger partial charge in [-0.2, -0.15) is 21.6 Å². The van der Waals surface area contributed by atoms with E-state index in [4.69, 9.17) is 5.11 Å². The first-order valence-corrected chi connectivity index (χ1v) is 5.68. The summed E-state index contributed by atoms with van der Waals surface area (Å²) in [7, 11) is -4.89. The topological polar surface area (TPSA) is 80.7 Å². The fourth-order valence-electron chi connectivity index (χ4n) is 0.675. The zero-order valence-corrected chi connectivity index (χ0v) is 9.83. The quantitative estimate of drug-likeness (QED) is 0.663. The van der Waals surface area contributed by atoms with E-state index in [1.165, 1.54) is 0 Å². The number of carbonyl (C=O) groups is 1. The van der Waals surface area contributed by atoms with Gasteiger partial charge in [-0.15, -0.1) is 0 Å². The van der Waals surface area contributed by atoms with E-state index in [1.54, 1.807) is 30.3 Å². The van der Waals surface area contributed by atoms with Crippen LogP contribution in [0.3, 0.4) is 0 Å². The fraction of sp³-hybridized carbons (Fsp3) is 0.222. The zero-order chi connectivity index (χ0) is 14.4. The molecule has 9 heteroatoms. The number of carboxylic acids is 1. The van der Waals surface area contributed by atoms with E-state index in [9.17, 15) is 26.4 Å². The third kappa shape index (κ3) is 5.15. The molecule has 0 saturated carbocycles. The number of hydrogen-bond donors (Lipinski definition) is 1. The molecule has 1 aromatic rings. The van der Waals surface area contributed by atoms with Crippen LogP contribution in [0.4, 0.5) is 13.2 Å². The third-order valence-corrected chi connectivity index (χ3v) is 2.53. The first kappa shape index (κ1) is 16.4. The van der Waals surface area contributed by atoms with Gasteiger partial charge in [0.25, 0.3) is 0 Å². The summed E-state index contributed by atoms with van der Waals surface area (Å²) in [6.07, 6.45) is 0. The zero-order valence-electron chi connectivity index (χ0n) is 9.01. The van der Waals surface area contributed by atoms with Gasteiger partial charge in [-0.1, -0.05) is 18.2 Å². The summed E-state index contributed by atoms with van der Waals surface area (Å²) in [5.41, 5.74) is -4.97. The van der Waals surface area contributed by atoms with Crippen LogP contribution in [0, 0.1) is 0 Å². The van der Waals surface area contributed by atoms with Crippen LogP contribution in [0.5, 0.6) is 0 Å². The lowest BCUT2D eigenvalue weighted by atomic mass is 10.2. The molecule has 102 valence electrons. The predicted octanol–water partition coefficient (Wildman–Crippen LogP) is 1.87. The molecule has 0 aromatic heterocycles. The van der Waals surface area contributed by atoms with Crippen LogP contribution in [0.1, 0.15) is 10.4 Å². The summed E-state index contributed by atoms with van der Waals surface area (Å²) >= 11 is 0. The van der Waals surface area contributed by atoms with Gasteiger partial charge in [-0.05, 0) is 12.1 Å². The van der Waals surface area contributed by atoms with Crippen molar-refractivity contribution in [3.63, 3.8) is 0 Å². The van der Waals surface area contributed by atoms with E-state index in [1.807, 2.05) is 0 Å². The summed E-state index contributed by atoms with van der Waals surface area (Å²) in [6.45, 7) is 0. The lowest BCUT2D eigenvalue weighted by molar-refractivity contribution is -0.0526. The van der Waals surface area contributed by atoms with E-state index < -0.39 is 21.6 Å². The van der Waals surface area contributed by atoms with Crippen molar-refractivity contribution in [1.29, 1.82) is 0 Å². The molecule has 18 heavy (non-hydrogen) atoms. The van der Waals surface area contributed by atoms with E-state index in [2.05, 4.69) is 4.18 Å². The Labute approximate surface area is 101 Å². The Hall–Kier alpha value is -1.61. The number of hydrogen-bond acceptors (Lipinski definition) is 4. The summed E-state index contributed by atoms with van der Waals surface area (Å²) in [5, 5.41) is 8.38. The van der Waals surface area contributed by atoms with Gasteiger partial charge < -0.3 is 5.11 Å². The van der Waals surface area contributed by atoms with E-state index in [-0.39, 0.29) is 0 Å². The monoisotopic (exact) mass is 286 g/mol. The van der Waals surface area contributed by atoms with Gasteiger partial charge in [0, 0.05) is 0 Å². The molecule has 0 heterocycles. The molecular weight excluding hydrogens is 277 g/mol. The van der Waals surface area contributed by atoms with Crippen molar-refractivity contribution in [2.75, 3.05) is 7.11 Å². The van der Waals surface area contributed by atoms with Crippen molar-refractivity contribution in [2.24, 2.45) is 0 Å². The minimum absolute atomic E-state index is 0.331. The molecule has 0 aliphatic carbocycles. The number of benzene rings is 1. The highest BCUT2D eigenvalue weighted by molar-refractivity contribution is 7.87. The molecule has 0 fully saturated rings. The van der Waals surface area contributed by atoms with E-state index >= 15 is 0 Å². The first-order valence-electron chi connectivity index (χ1n) is 4.27. The van der Waals surface area contributed by atoms with Crippen LogP contribution in [-0.2, 0) is 14.3 Å². The molecule has 0 spiro atoms. The molecule has 1 N–H and O–H groups in total. The normalized spacial score (nSPS) is 11.3. The summed E-state index contributed by atoms with van der Waals surface area (Å²) in [4.78, 5) is 10.2. The Kier molecular flexibility index (Phi) is 5.79. The maximum Gasteiger partial charge on any atom is 0.523 e. The number of rotatable bonds is 2. The minimum Gasteiger partial charge on any atom is -0.478 e. The van der Waals surface area contributed by atoms with Gasteiger partial charge in [-0.3, -0.25) is 4.18 Å². The molecule has 1 aromatic carbocycles. The van der Waals surface area contributed by atoms with Gasteiger partial charge in [0.05, 0.1) is 12.7 Å². The number of alkyl halides is 3. The van der Waals surface area contributed by atoms with Crippen molar-refractivity contribution in [2.45, 2.75) is 5.51 Å². The molecular formula is C9H9F3O5S. The molecule has 5 nitrogen and oxygen atoms in total. The van der Waals surface area contributed by atoms with E-state index in [0.717, 1.165) is 0 Å². The number of aromatic carboxylic acids is 1. The van der Waals surface area contributed by atoms with Crippen molar-refractivity contribution in [3.05, 3.63) is 35.9 Å². The standard InChI is InChI=1S/C7H6O2.C2H3F3O3S/c8-7(9)6-4-2-1-3-5-6;1-8-9(6,7)2(3,4)5/h1-5H,(H,8,9);1H3. The van der Waals surface area contributed by atoms with Crippen LogP contribution < -0.4 is 0 Å². The van der Waals surface area contributed by atoms with Crippen molar-refractivity contribution < 1.29 is 35.7 Å². The average Bonchev–Trinajstić information content (AvgIpc) is 2.29. The SMILES string of the molecule is COS(=O)(=O)C(F)(F)F.O=C(O)c1ccccc1. The average molecular weight is 286 g/mol. The van der Waals surface area contributed by atoms with Crippen molar-refractivity contribution >= 4 is 16.1 Å². The maximum absolute atomic E-state index is 11.1. The third-order valence-electron chi connectivity index (χ3n) is 1.52. The molecule has 0 radical (unpaired) electrons. The smallest absolute Gasteiger partial charge is 0.478 e. The summed E-state index contributed by atoms with van der Waals surface area (Å²) < 4.78 is 55.9. The van der Waals surface area contributed by atoms with Crippen LogP contribution in [-0.4, -0.2) is 32.1 Å². The second-order valence-corrected chi connectivity index (χ2v) is 4.44. The first-order chi connectivity index (χ1) is 8.12. The predicted molar refractivity (Wildman–Crippen MR) is 55.4 cm³/mol. The molecule has 0 aliphatic heterocycles. The van der Waals surface area contributed by atoms with Gasteiger partial charge in [-0.25, -0.2) is 4.79 Å². The van der Waals surface area contributed by atoms with Crippen LogP contribution in [0.25, 0.3) is 0 Å². The number of halogens is 3. The maximum atomic E-state index is 11.1. The van der Waals surface area contributed by atoms with Gasteiger partial charge in [0.2, 0.25) is 0 Å². The molecule has 0 amide bonds. The second kappa shape index (κ2) is 6.36. The van der Waals surface area contributed by atoms with Gasteiger partial charge >= 0.3 is 21.6 Å². The van der Waals surface area contributed by atoms with Gasteiger partial charge in [0.15, 0.2) is 0 Å². The van der Waals surface area contributed by atoms with Crippen molar-refractivity contribution in [3.8, 4) is 0 Å². The van der Waals surface area contributed by atoms with Crippen LogP contribution >= 0.6 is 0 Å². The van der Waals surface area contributed by atoms with Gasteiger partial charge in [0.1, 0.15) is 0 Å². The molecule has 1 rings (SSSR count). The summed E-state index contributed by atoms with van der Waals surface area (Å²) in [5.74, 6) is -0.879. The molecule has 0 aliphatic rings. The highest BCUT2D eigenvalue weighted by Gasteiger charge is 2.46. The second-order valence-electron chi connectivity index (χ2n) is 2.74. The highest BCUT2D eigenvalue weighted by Crippen LogP contribution is 2.23. The summed E-state index contributed by atoms with van der Waals surface area (Å²) in [6, 6.07) is 8.30. The van der Waals surface area contributed by atoms with E-state index in [0.29, 0.717) is 12.7 Å². The minimum atomic E-state index is -5.34. The molecule has 0 bridgehead atoms. The Morgan fingerprint density at radius 2 is 1.67 bits per heavy atom. The molecule has 0 atom stereocenters. The Balaban J connectivity index is 0.000000321. The Morgan fingerprint density at radius 1 is 1.22 bits per heavy atom. The lowest BCUT2D eigenvalue weighted by Gasteiger charge is -2.02. The Morgan fingerprint density at radius 3 is 1.83 bits per heavy atom. The number of carboxylic acid groups (broad SMARTS) is 1. The van der Waals surface area contributed by atoms with Crippen LogP contribution in [0.2, 0.25) is 0 Å². The highest BCUT2D eigenvalue weighted by atomic mass is 32.2. The van der Waals surface area contributed by atoms with Crippen molar-refractivity contribution in [1.82, 2.24) is 0 Å². The Bertz CT molecular complexity index is 481. The molecule has 0 unspecified atom stereocenters. The lowest BCUT2D eigenvalue weighted by Crippen LogP contribution is -2.23. The van der Waals surface area contributed by atoms with Crippen LogP contribution in [0.15, 0.2) is 30.3 Å².